The largest absolute Gasteiger partial charge is 0.493 e. The zero-order valence-corrected chi connectivity index (χ0v) is 16.1. The van der Waals surface area contributed by atoms with Crippen LogP contribution in [0.1, 0.15) is 29.3 Å². The zero-order valence-electron chi connectivity index (χ0n) is 16.1. The molecule has 0 unspecified atom stereocenters. The quantitative estimate of drug-likeness (QED) is 0.775. The molecule has 7 nitrogen and oxygen atoms in total. The number of rotatable bonds is 7. The van der Waals surface area contributed by atoms with Crippen LogP contribution in [-0.2, 0) is 4.79 Å². The Morgan fingerprint density at radius 1 is 0.926 bits per heavy atom. The SMILES string of the molecule is CCC(=O)Nc1ccc(C)c(NC(=O)c2cc(OC)c(OC)c(OC)c2)c1. The summed E-state index contributed by atoms with van der Waals surface area (Å²) in [7, 11) is 4.48. The Labute approximate surface area is 158 Å². The van der Waals surface area contributed by atoms with Crippen LogP contribution in [0.25, 0.3) is 0 Å². The lowest BCUT2D eigenvalue weighted by Gasteiger charge is -2.15. The van der Waals surface area contributed by atoms with E-state index in [1.165, 1.54) is 21.3 Å². The Morgan fingerprint density at radius 2 is 1.56 bits per heavy atom. The van der Waals surface area contributed by atoms with Crippen LogP contribution >= 0.6 is 0 Å². The summed E-state index contributed by atoms with van der Waals surface area (Å²) in [4.78, 5) is 24.3. The van der Waals surface area contributed by atoms with Gasteiger partial charge in [-0.1, -0.05) is 13.0 Å². The molecule has 2 rings (SSSR count). The maximum atomic E-state index is 12.7. The third-order valence-corrected chi connectivity index (χ3v) is 4.02. The summed E-state index contributed by atoms with van der Waals surface area (Å²) >= 11 is 0. The summed E-state index contributed by atoms with van der Waals surface area (Å²) in [6.07, 6.45) is 0.376. The van der Waals surface area contributed by atoms with Crippen molar-refractivity contribution in [2.24, 2.45) is 0 Å². The van der Waals surface area contributed by atoms with Crippen LogP contribution in [0, 0.1) is 6.92 Å². The Morgan fingerprint density at radius 3 is 2.07 bits per heavy atom. The molecular weight excluding hydrogens is 348 g/mol. The molecule has 27 heavy (non-hydrogen) atoms. The van der Waals surface area contributed by atoms with Gasteiger partial charge in [-0.15, -0.1) is 0 Å². The van der Waals surface area contributed by atoms with Crippen LogP contribution in [0.3, 0.4) is 0 Å². The number of benzene rings is 2. The minimum Gasteiger partial charge on any atom is -0.493 e. The van der Waals surface area contributed by atoms with Gasteiger partial charge in [-0.05, 0) is 36.8 Å². The van der Waals surface area contributed by atoms with Crippen LogP contribution in [0.5, 0.6) is 17.2 Å². The van der Waals surface area contributed by atoms with Gasteiger partial charge in [0.25, 0.3) is 5.91 Å². The fraction of sp³-hybridized carbons (Fsp3) is 0.300. The second-order valence-corrected chi connectivity index (χ2v) is 5.80. The van der Waals surface area contributed by atoms with Crippen LogP contribution < -0.4 is 24.8 Å². The monoisotopic (exact) mass is 372 g/mol. The number of amides is 2. The molecule has 0 aromatic heterocycles. The van der Waals surface area contributed by atoms with Crippen LogP contribution in [-0.4, -0.2) is 33.1 Å². The molecule has 0 radical (unpaired) electrons. The maximum Gasteiger partial charge on any atom is 0.255 e. The molecule has 0 fully saturated rings. The molecule has 2 N–H and O–H groups in total. The number of carbonyl (C=O) groups excluding carboxylic acids is 2. The lowest BCUT2D eigenvalue weighted by molar-refractivity contribution is -0.115. The summed E-state index contributed by atoms with van der Waals surface area (Å²) < 4.78 is 15.8. The predicted molar refractivity (Wildman–Crippen MR) is 104 cm³/mol. The highest BCUT2D eigenvalue weighted by Gasteiger charge is 2.17. The van der Waals surface area contributed by atoms with Gasteiger partial charge in [-0.25, -0.2) is 0 Å². The van der Waals surface area contributed by atoms with Crippen molar-refractivity contribution in [3.05, 3.63) is 41.5 Å². The fourth-order valence-electron chi connectivity index (χ4n) is 2.49. The number of anilines is 2. The van der Waals surface area contributed by atoms with E-state index in [0.717, 1.165) is 5.56 Å². The minimum atomic E-state index is -0.337. The van der Waals surface area contributed by atoms with Crippen molar-refractivity contribution in [2.75, 3.05) is 32.0 Å². The van der Waals surface area contributed by atoms with Crippen molar-refractivity contribution in [2.45, 2.75) is 20.3 Å². The van der Waals surface area contributed by atoms with Crippen molar-refractivity contribution in [1.82, 2.24) is 0 Å². The number of aryl methyl sites for hydroxylation is 1. The standard InChI is InChI=1S/C20H24N2O5/c1-6-18(23)21-14-8-7-12(2)15(11-14)22-20(24)13-9-16(25-3)19(27-5)17(10-13)26-4/h7-11H,6H2,1-5H3,(H,21,23)(H,22,24). The molecule has 0 atom stereocenters. The van der Waals surface area contributed by atoms with Crippen LogP contribution in [0.2, 0.25) is 0 Å². The van der Waals surface area contributed by atoms with E-state index in [1.807, 2.05) is 13.0 Å². The lowest BCUT2D eigenvalue weighted by Crippen LogP contribution is -2.14. The molecule has 0 saturated heterocycles. The smallest absolute Gasteiger partial charge is 0.255 e. The summed E-state index contributed by atoms with van der Waals surface area (Å²) in [5.74, 6) is 0.763. The first-order chi connectivity index (χ1) is 12.9. The Balaban J connectivity index is 2.32. The molecule has 0 spiro atoms. The van der Waals surface area contributed by atoms with Crippen molar-refractivity contribution in [3.8, 4) is 17.2 Å². The van der Waals surface area contributed by atoms with Gasteiger partial charge >= 0.3 is 0 Å². The number of methoxy groups -OCH3 is 3. The van der Waals surface area contributed by atoms with E-state index in [9.17, 15) is 9.59 Å². The van der Waals surface area contributed by atoms with E-state index in [4.69, 9.17) is 14.2 Å². The molecule has 0 aliphatic heterocycles. The third-order valence-electron chi connectivity index (χ3n) is 4.02. The van der Waals surface area contributed by atoms with Crippen molar-refractivity contribution < 1.29 is 23.8 Å². The van der Waals surface area contributed by atoms with E-state index in [2.05, 4.69) is 10.6 Å². The Bertz CT molecular complexity index is 823. The van der Waals surface area contributed by atoms with Gasteiger partial charge in [-0.3, -0.25) is 9.59 Å². The highest BCUT2D eigenvalue weighted by molar-refractivity contribution is 6.06. The lowest BCUT2D eigenvalue weighted by atomic mass is 10.1. The van der Waals surface area contributed by atoms with E-state index < -0.39 is 0 Å². The predicted octanol–water partition coefficient (Wildman–Crippen LogP) is 3.62. The van der Waals surface area contributed by atoms with Crippen LogP contribution in [0.4, 0.5) is 11.4 Å². The number of ether oxygens (including phenoxy) is 3. The molecule has 0 bridgehead atoms. The first-order valence-electron chi connectivity index (χ1n) is 8.45. The molecule has 144 valence electrons. The summed E-state index contributed by atoms with van der Waals surface area (Å²) in [5.41, 5.74) is 2.44. The molecule has 0 heterocycles. The van der Waals surface area contributed by atoms with Gasteiger partial charge in [-0.2, -0.15) is 0 Å². The summed E-state index contributed by atoms with van der Waals surface area (Å²) in [6, 6.07) is 8.50. The second-order valence-electron chi connectivity index (χ2n) is 5.80. The molecule has 2 aromatic carbocycles. The van der Waals surface area contributed by atoms with E-state index in [1.54, 1.807) is 31.2 Å². The molecule has 7 heteroatoms. The number of nitrogens with one attached hydrogen (secondary N) is 2. The Hall–Kier alpha value is -3.22. The van der Waals surface area contributed by atoms with Gasteiger partial charge in [0.2, 0.25) is 11.7 Å². The molecular formula is C20H24N2O5. The van der Waals surface area contributed by atoms with E-state index in [0.29, 0.717) is 40.6 Å². The average Bonchev–Trinajstić information content (AvgIpc) is 2.68. The van der Waals surface area contributed by atoms with Gasteiger partial charge < -0.3 is 24.8 Å². The molecule has 0 aliphatic carbocycles. The molecule has 0 aliphatic rings. The maximum absolute atomic E-state index is 12.7. The number of hydrogen-bond donors (Lipinski definition) is 2. The zero-order chi connectivity index (χ0) is 20.0. The molecule has 2 aromatic rings. The molecule has 0 saturated carbocycles. The summed E-state index contributed by atoms with van der Waals surface area (Å²) in [6.45, 7) is 3.65. The topological polar surface area (TPSA) is 85.9 Å². The average molecular weight is 372 g/mol. The summed E-state index contributed by atoms with van der Waals surface area (Å²) in [5, 5.41) is 5.63. The first-order valence-corrected chi connectivity index (χ1v) is 8.45. The minimum absolute atomic E-state index is 0.0965. The normalized spacial score (nSPS) is 10.1. The number of hydrogen-bond acceptors (Lipinski definition) is 5. The van der Waals surface area contributed by atoms with Gasteiger partial charge in [0.1, 0.15) is 0 Å². The molecule has 2 amide bonds. The van der Waals surface area contributed by atoms with Gasteiger partial charge in [0, 0.05) is 23.4 Å². The highest BCUT2D eigenvalue weighted by Crippen LogP contribution is 2.38. The van der Waals surface area contributed by atoms with Crippen LogP contribution in [0.15, 0.2) is 30.3 Å². The Kier molecular flexibility index (Phi) is 6.65. The van der Waals surface area contributed by atoms with Crippen molar-refractivity contribution in [3.63, 3.8) is 0 Å². The first kappa shape index (κ1) is 20.1. The van der Waals surface area contributed by atoms with Gasteiger partial charge in [0.05, 0.1) is 21.3 Å². The van der Waals surface area contributed by atoms with Crippen molar-refractivity contribution >= 4 is 23.2 Å². The fourth-order valence-corrected chi connectivity index (χ4v) is 2.49. The number of carbonyl (C=O) groups is 2. The van der Waals surface area contributed by atoms with Crippen molar-refractivity contribution in [1.29, 1.82) is 0 Å². The van der Waals surface area contributed by atoms with E-state index >= 15 is 0 Å². The highest BCUT2D eigenvalue weighted by atomic mass is 16.5. The van der Waals surface area contributed by atoms with Gasteiger partial charge in [0.15, 0.2) is 11.5 Å². The third kappa shape index (κ3) is 4.69. The van der Waals surface area contributed by atoms with E-state index in [-0.39, 0.29) is 11.8 Å². The second kappa shape index (κ2) is 8.93.